The molecule has 0 aromatic rings. The second kappa shape index (κ2) is 5.50. The lowest BCUT2D eigenvalue weighted by Gasteiger charge is -2.39. The highest BCUT2D eigenvalue weighted by Gasteiger charge is 2.29. The monoisotopic (exact) mass is 225 g/mol. The minimum Gasteiger partial charge on any atom is -0.392 e. The topological polar surface area (TPSA) is 23.5 Å². The van der Waals surface area contributed by atoms with Crippen LogP contribution >= 0.6 is 0 Å². The van der Waals surface area contributed by atoms with E-state index in [1.165, 1.54) is 45.1 Å². The van der Waals surface area contributed by atoms with Gasteiger partial charge in [0.1, 0.15) is 0 Å². The summed E-state index contributed by atoms with van der Waals surface area (Å²) in [6.45, 7) is 6.77. The van der Waals surface area contributed by atoms with Crippen LogP contribution in [0, 0.1) is 11.8 Å². The predicted molar refractivity (Wildman–Crippen MR) is 67.4 cm³/mol. The maximum atomic E-state index is 10.3. The molecule has 94 valence electrons. The summed E-state index contributed by atoms with van der Waals surface area (Å²) in [4.78, 5) is 2.51. The standard InChI is InChI=1S/C14H27NO/c1-11-6-5-9-15(12(11)2)10-14(16)13-7-3-4-8-13/h11-14,16H,3-10H2,1-2H3. The van der Waals surface area contributed by atoms with Gasteiger partial charge >= 0.3 is 0 Å². The van der Waals surface area contributed by atoms with Gasteiger partial charge in [0.15, 0.2) is 0 Å². The normalized spacial score (nSPS) is 35.4. The zero-order valence-electron chi connectivity index (χ0n) is 10.9. The summed E-state index contributed by atoms with van der Waals surface area (Å²) in [5.41, 5.74) is 0. The molecule has 2 rings (SSSR count). The van der Waals surface area contributed by atoms with E-state index in [0.717, 1.165) is 12.5 Å². The molecule has 3 unspecified atom stereocenters. The second-order valence-corrected chi connectivity index (χ2v) is 5.97. The van der Waals surface area contributed by atoms with Crippen LogP contribution in [0.1, 0.15) is 52.4 Å². The quantitative estimate of drug-likeness (QED) is 0.798. The summed E-state index contributed by atoms with van der Waals surface area (Å²) in [5.74, 6) is 1.38. The summed E-state index contributed by atoms with van der Waals surface area (Å²) in [6.07, 6.45) is 7.74. The van der Waals surface area contributed by atoms with Gasteiger partial charge in [-0.05, 0) is 51.0 Å². The highest BCUT2D eigenvalue weighted by molar-refractivity contribution is 4.83. The summed E-state index contributed by atoms with van der Waals surface area (Å²) in [6, 6.07) is 0.657. The van der Waals surface area contributed by atoms with Crippen LogP contribution in [0.2, 0.25) is 0 Å². The molecular formula is C14H27NO. The maximum Gasteiger partial charge on any atom is 0.0695 e. The number of aliphatic hydroxyl groups is 1. The average Bonchev–Trinajstić information content (AvgIpc) is 2.78. The number of nitrogens with zero attached hydrogens (tertiary/aromatic N) is 1. The lowest BCUT2D eigenvalue weighted by molar-refractivity contribution is 0.0249. The third-order valence-corrected chi connectivity index (χ3v) is 4.87. The third-order valence-electron chi connectivity index (χ3n) is 4.87. The van der Waals surface area contributed by atoms with Gasteiger partial charge in [0, 0.05) is 12.6 Å². The Kier molecular flexibility index (Phi) is 4.26. The molecule has 2 aliphatic rings. The van der Waals surface area contributed by atoms with Crippen molar-refractivity contribution in [1.29, 1.82) is 0 Å². The molecule has 0 radical (unpaired) electrons. The molecule has 0 spiro atoms. The van der Waals surface area contributed by atoms with E-state index in [4.69, 9.17) is 0 Å². The van der Waals surface area contributed by atoms with Crippen molar-refractivity contribution < 1.29 is 5.11 Å². The highest BCUT2D eigenvalue weighted by Crippen LogP contribution is 2.30. The van der Waals surface area contributed by atoms with Gasteiger partial charge in [0.2, 0.25) is 0 Å². The van der Waals surface area contributed by atoms with Crippen LogP contribution in [0.4, 0.5) is 0 Å². The minimum absolute atomic E-state index is 0.0738. The van der Waals surface area contributed by atoms with Crippen molar-refractivity contribution in [3.8, 4) is 0 Å². The van der Waals surface area contributed by atoms with E-state index < -0.39 is 0 Å². The van der Waals surface area contributed by atoms with Crippen molar-refractivity contribution in [3.63, 3.8) is 0 Å². The fraction of sp³-hybridized carbons (Fsp3) is 1.00. The van der Waals surface area contributed by atoms with Gasteiger partial charge in [-0.2, -0.15) is 0 Å². The Hall–Kier alpha value is -0.0800. The van der Waals surface area contributed by atoms with E-state index in [1.807, 2.05) is 0 Å². The van der Waals surface area contributed by atoms with Gasteiger partial charge in [-0.15, -0.1) is 0 Å². The molecule has 2 heteroatoms. The van der Waals surface area contributed by atoms with E-state index in [1.54, 1.807) is 0 Å². The molecule has 1 heterocycles. The molecule has 0 amide bonds. The van der Waals surface area contributed by atoms with E-state index in [-0.39, 0.29) is 6.10 Å². The second-order valence-electron chi connectivity index (χ2n) is 5.97. The van der Waals surface area contributed by atoms with E-state index in [2.05, 4.69) is 18.7 Å². The predicted octanol–water partition coefficient (Wildman–Crippen LogP) is 2.66. The number of aliphatic hydroxyl groups excluding tert-OH is 1. The molecular weight excluding hydrogens is 198 g/mol. The Morgan fingerprint density at radius 1 is 1.12 bits per heavy atom. The SMILES string of the molecule is CC1CCCN(CC(O)C2CCCC2)C1C. The van der Waals surface area contributed by atoms with Crippen LogP contribution in [0.15, 0.2) is 0 Å². The van der Waals surface area contributed by atoms with Crippen molar-refractivity contribution in [3.05, 3.63) is 0 Å². The average molecular weight is 225 g/mol. The van der Waals surface area contributed by atoms with Crippen molar-refractivity contribution >= 4 is 0 Å². The molecule has 0 aromatic heterocycles. The van der Waals surface area contributed by atoms with Gasteiger partial charge in [-0.1, -0.05) is 19.8 Å². The van der Waals surface area contributed by atoms with E-state index >= 15 is 0 Å². The summed E-state index contributed by atoms with van der Waals surface area (Å²) < 4.78 is 0. The Labute approximate surface area is 100 Å². The number of piperidine rings is 1. The van der Waals surface area contributed by atoms with Crippen LogP contribution in [0.3, 0.4) is 0 Å². The number of hydrogen-bond acceptors (Lipinski definition) is 2. The molecule has 2 fully saturated rings. The molecule has 0 bridgehead atoms. The first-order chi connectivity index (χ1) is 7.68. The summed E-state index contributed by atoms with van der Waals surface area (Å²) in [5, 5.41) is 10.3. The number of likely N-dealkylation sites (tertiary alicyclic amines) is 1. The molecule has 1 saturated heterocycles. The van der Waals surface area contributed by atoms with Gasteiger partial charge in [-0.25, -0.2) is 0 Å². The maximum absolute atomic E-state index is 10.3. The Bertz CT molecular complexity index is 213. The first kappa shape index (κ1) is 12.4. The molecule has 3 atom stereocenters. The molecule has 1 aliphatic carbocycles. The van der Waals surface area contributed by atoms with Crippen LogP contribution in [0.5, 0.6) is 0 Å². The number of hydrogen-bond donors (Lipinski definition) is 1. The molecule has 0 aromatic carbocycles. The zero-order chi connectivity index (χ0) is 11.5. The van der Waals surface area contributed by atoms with Gasteiger partial charge in [-0.3, -0.25) is 4.90 Å². The van der Waals surface area contributed by atoms with Crippen molar-refractivity contribution in [1.82, 2.24) is 4.90 Å². The molecule has 16 heavy (non-hydrogen) atoms. The largest absolute Gasteiger partial charge is 0.392 e. The van der Waals surface area contributed by atoms with Gasteiger partial charge < -0.3 is 5.11 Å². The van der Waals surface area contributed by atoms with Crippen molar-refractivity contribution in [2.24, 2.45) is 11.8 Å². The van der Waals surface area contributed by atoms with Gasteiger partial charge in [0.25, 0.3) is 0 Å². The van der Waals surface area contributed by atoms with Crippen LogP contribution in [-0.2, 0) is 0 Å². The molecule has 2 nitrogen and oxygen atoms in total. The van der Waals surface area contributed by atoms with Crippen LogP contribution < -0.4 is 0 Å². The Morgan fingerprint density at radius 3 is 2.50 bits per heavy atom. The minimum atomic E-state index is -0.0738. The Morgan fingerprint density at radius 2 is 1.81 bits per heavy atom. The smallest absolute Gasteiger partial charge is 0.0695 e. The zero-order valence-corrected chi connectivity index (χ0v) is 10.9. The lowest BCUT2D eigenvalue weighted by Crippen LogP contribution is -2.47. The molecule has 1 aliphatic heterocycles. The highest BCUT2D eigenvalue weighted by atomic mass is 16.3. The fourth-order valence-electron chi connectivity index (χ4n) is 3.41. The lowest BCUT2D eigenvalue weighted by atomic mass is 9.90. The van der Waals surface area contributed by atoms with Crippen molar-refractivity contribution in [2.45, 2.75) is 64.5 Å². The molecule has 1 saturated carbocycles. The van der Waals surface area contributed by atoms with Crippen LogP contribution in [-0.4, -0.2) is 35.2 Å². The molecule has 1 N–H and O–H groups in total. The van der Waals surface area contributed by atoms with Crippen LogP contribution in [0.25, 0.3) is 0 Å². The first-order valence-corrected chi connectivity index (χ1v) is 7.10. The van der Waals surface area contributed by atoms with E-state index in [0.29, 0.717) is 12.0 Å². The number of rotatable bonds is 3. The summed E-state index contributed by atoms with van der Waals surface area (Å²) >= 11 is 0. The Balaban J connectivity index is 1.83. The third kappa shape index (κ3) is 2.78. The summed E-state index contributed by atoms with van der Waals surface area (Å²) in [7, 11) is 0. The first-order valence-electron chi connectivity index (χ1n) is 7.10. The number of β-amino-alcohol motifs (C(OH)–C–C–N with tert-alkyl or cyclic N) is 1. The van der Waals surface area contributed by atoms with E-state index in [9.17, 15) is 5.11 Å². The van der Waals surface area contributed by atoms with Gasteiger partial charge in [0.05, 0.1) is 6.10 Å². The fourth-order valence-corrected chi connectivity index (χ4v) is 3.41. The van der Waals surface area contributed by atoms with Crippen molar-refractivity contribution in [2.75, 3.05) is 13.1 Å².